The average Bonchev–Trinajstić information content (AvgIpc) is 3.15. The normalized spacial score (nSPS) is 14.5. The summed E-state index contributed by atoms with van der Waals surface area (Å²) in [5.41, 5.74) is 3.04. The molecule has 2 aromatic rings. The molecule has 0 amide bonds. The third kappa shape index (κ3) is 3.44. The lowest BCUT2D eigenvalue weighted by Gasteiger charge is -2.17. The molecule has 0 spiro atoms. The summed E-state index contributed by atoms with van der Waals surface area (Å²) in [6.07, 6.45) is 4.22. The van der Waals surface area contributed by atoms with Gasteiger partial charge in [-0.15, -0.1) is 0 Å². The van der Waals surface area contributed by atoms with Crippen LogP contribution < -0.4 is 4.90 Å². The molecule has 1 aliphatic heterocycles. The van der Waals surface area contributed by atoms with Crippen molar-refractivity contribution in [2.75, 3.05) is 18.0 Å². The second kappa shape index (κ2) is 6.97. The number of benzene rings is 2. The molecule has 1 aliphatic rings. The summed E-state index contributed by atoms with van der Waals surface area (Å²) >= 11 is 0. The van der Waals surface area contributed by atoms with E-state index in [1.54, 1.807) is 18.2 Å². The maximum absolute atomic E-state index is 10.9. The molecule has 1 fully saturated rings. The van der Waals surface area contributed by atoms with Crippen molar-refractivity contribution in [3.05, 3.63) is 69.8 Å². The fraction of sp³-hybridized carbons (Fsp3) is 0.211. The predicted octanol–water partition coefficient (Wildman–Crippen LogP) is 4.26. The highest BCUT2D eigenvalue weighted by atomic mass is 16.6. The van der Waals surface area contributed by atoms with Crippen LogP contribution in [0.1, 0.15) is 24.0 Å². The molecule has 5 heteroatoms. The van der Waals surface area contributed by atoms with E-state index in [0.29, 0.717) is 11.1 Å². The number of nitro benzene ring substituents is 1. The quantitative estimate of drug-likeness (QED) is 0.365. The minimum atomic E-state index is -0.455. The minimum Gasteiger partial charge on any atom is -0.372 e. The molecule has 120 valence electrons. The number of non-ortho nitro benzene ring substituents is 1. The zero-order chi connectivity index (χ0) is 16.9. The Bertz CT molecular complexity index is 813. The summed E-state index contributed by atoms with van der Waals surface area (Å²) in [5.74, 6) is 0. The zero-order valence-electron chi connectivity index (χ0n) is 13.2. The number of hydrogen-bond donors (Lipinski definition) is 0. The van der Waals surface area contributed by atoms with Crippen LogP contribution in [0.15, 0.2) is 48.5 Å². The number of allylic oxidation sites excluding steroid dienone is 1. The second-order valence-electron chi connectivity index (χ2n) is 5.76. The number of hydrogen-bond acceptors (Lipinski definition) is 4. The first-order valence-electron chi connectivity index (χ1n) is 7.89. The van der Waals surface area contributed by atoms with Crippen LogP contribution >= 0.6 is 0 Å². The van der Waals surface area contributed by atoms with Gasteiger partial charge in [-0.25, -0.2) is 0 Å². The molecule has 1 saturated heterocycles. The number of nitro groups is 1. The van der Waals surface area contributed by atoms with Gasteiger partial charge >= 0.3 is 0 Å². The largest absolute Gasteiger partial charge is 0.372 e. The lowest BCUT2D eigenvalue weighted by atomic mass is 10.0. The molecule has 3 rings (SSSR count). The predicted molar refractivity (Wildman–Crippen MR) is 94.5 cm³/mol. The van der Waals surface area contributed by atoms with Crippen molar-refractivity contribution in [3.63, 3.8) is 0 Å². The maximum atomic E-state index is 10.9. The first kappa shape index (κ1) is 15.8. The Hall–Kier alpha value is -3.13. The van der Waals surface area contributed by atoms with Crippen LogP contribution in [0.3, 0.4) is 0 Å². The van der Waals surface area contributed by atoms with E-state index in [1.165, 1.54) is 30.7 Å². The van der Waals surface area contributed by atoms with Gasteiger partial charge in [0, 0.05) is 30.9 Å². The fourth-order valence-electron chi connectivity index (χ4n) is 2.89. The van der Waals surface area contributed by atoms with Gasteiger partial charge in [0.2, 0.25) is 0 Å². The molecule has 1 heterocycles. The van der Waals surface area contributed by atoms with E-state index in [-0.39, 0.29) is 5.69 Å². The molecular formula is C19H17N3O2. The maximum Gasteiger partial charge on any atom is 0.270 e. The number of rotatable bonds is 4. The van der Waals surface area contributed by atoms with Gasteiger partial charge in [-0.3, -0.25) is 10.1 Å². The second-order valence-corrected chi connectivity index (χ2v) is 5.76. The van der Waals surface area contributed by atoms with Crippen molar-refractivity contribution in [2.24, 2.45) is 0 Å². The molecule has 2 aromatic carbocycles. The van der Waals surface area contributed by atoms with E-state index < -0.39 is 4.92 Å². The first-order valence-corrected chi connectivity index (χ1v) is 7.89. The molecule has 24 heavy (non-hydrogen) atoms. The van der Waals surface area contributed by atoms with Gasteiger partial charge < -0.3 is 4.90 Å². The van der Waals surface area contributed by atoms with Crippen LogP contribution in [0.25, 0.3) is 11.6 Å². The Morgan fingerprint density at radius 3 is 2.50 bits per heavy atom. The van der Waals surface area contributed by atoms with E-state index in [4.69, 9.17) is 0 Å². The summed E-state index contributed by atoms with van der Waals surface area (Å²) in [5, 5.41) is 20.3. The lowest BCUT2D eigenvalue weighted by molar-refractivity contribution is -0.384. The monoisotopic (exact) mass is 319 g/mol. The van der Waals surface area contributed by atoms with Crippen LogP contribution in [0.5, 0.6) is 0 Å². The van der Waals surface area contributed by atoms with Crippen LogP contribution in [-0.2, 0) is 0 Å². The van der Waals surface area contributed by atoms with Crippen LogP contribution in [0.2, 0.25) is 0 Å². The smallest absolute Gasteiger partial charge is 0.270 e. The molecule has 0 saturated carbocycles. The molecule has 0 unspecified atom stereocenters. The van der Waals surface area contributed by atoms with E-state index >= 15 is 0 Å². The molecule has 0 N–H and O–H groups in total. The number of anilines is 1. The Balaban J connectivity index is 1.86. The van der Waals surface area contributed by atoms with E-state index in [2.05, 4.69) is 23.1 Å². The molecule has 0 aromatic heterocycles. The van der Waals surface area contributed by atoms with Crippen molar-refractivity contribution in [3.8, 4) is 6.07 Å². The molecule has 0 bridgehead atoms. The van der Waals surface area contributed by atoms with Crippen molar-refractivity contribution < 1.29 is 4.92 Å². The molecule has 5 nitrogen and oxygen atoms in total. The van der Waals surface area contributed by atoms with Crippen molar-refractivity contribution >= 4 is 23.0 Å². The summed E-state index contributed by atoms with van der Waals surface area (Å²) in [6.45, 7) is 2.18. The molecule has 0 radical (unpaired) electrons. The topological polar surface area (TPSA) is 70.2 Å². The van der Waals surface area contributed by atoms with Gasteiger partial charge in [-0.2, -0.15) is 5.26 Å². The summed E-state index contributed by atoms with van der Waals surface area (Å²) < 4.78 is 0. The van der Waals surface area contributed by atoms with Crippen molar-refractivity contribution in [2.45, 2.75) is 12.8 Å². The molecule has 0 atom stereocenters. The van der Waals surface area contributed by atoms with E-state index in [0.717, 1.165) is 18.7 Å². The molecular weight excluding hydrogens is 302 g/mol. The molecule has 0 aliphatic carbocycles. The zero-order valence-corrected chi connectivity index (χ0v) is 13.2. The summed E-state index contributed by atoms with van der Waals surface area (Å²) in [4.78, 5) is 12.8. The number of nitriles is 1. The third-order valence-electron chi connectivity index (χ3n) is 4.16. The first-order chi connectivity index (χ1) is 11.7. The van der Waals surface area contributed by atoms with Gasteiger partial charge in [-0.1, -0.05) is 24.3 Å². The standard InChI is InChI=1S/C19H17N3O2/c20-14-17(16-4-3-5-19(13-16)22(23)24)12-15-6-8-18(9-7-15)21-10-1-2-11-21/h3-9,12-13H,1-2,10-11H2/b17-12+. The van der Waals surface area contributed by atoms with Gasteiger partial charge in [0.25, 0.3) is 5.69 Å². The summed E-state index contributed by atoms with van der Waals surface area (Å²) in [7, 11) is 0. The van der Waals surface area contributed by atoms with Gasteiger partial charge in [0.15, 0.2) is 0 Å². The number of nitrogens with zero attached hydrogens (tertiary/aromatic N) is 3. The van der Waals surface area contributed by atoms with Crippen molar-refractivity contribution in [1.29, 1.82) is 5.26 Å². The Morgan fingerprint density at radius 1 is 1.17 bits per heavy atom. The highest BCUT2D eigenvalue weighted by Crippen LogP contribution is 2.24. The Morgan fingerprint density at radius 2 is 1.88 bits per heavy atom. The SMILES string of the molecule is N#C/C(=C\c1ccc(N2CCCC2)cc1)c1cccc([N+](=O)[O-])c1. The average molecular weight is 319 g/mol. The van der Waals surface area contributed by atoms with E-state index in [1.807, 2.05) is 12.1 Å². The Kier molecular flexibility index (Phi) is 4.57. The van der Waals surface area contributed by atoms with E-state index in [9.17, 15) is 15.4 Å². The van der Waals surface area contributed by atoms with Gasteiger partial charge in [-0.05, 0) is 42.2 Å². The summed E-state index contributed by atoms with van der Waals surface area (Å²) in [6, 6.07) is 16.3. The van der Waals surface area contributed by atoms with Crippen molar-refractivity contribution in [1.82, 2.24) is 0 Å². The third-order valence-corrected chi connectivity index (χ3v) is 4.16. The highest BCUT2D eigenvalue weighted by molar-refractivity contribution is 5.90. The van der Waals surface area contributed by atoms with Gasteiger partial charge in [0.1, 0.15) is 0 Å². The van der Waals surface area contributed by atoms with Crippen LogP contribution in [0.4, 0.5) is 11.4 Å². The van der Waals surface area contributed by atoms with Crippen LogP contribution in [-0.4, -0.2) is 18.0 Å². The lowest BCUT2D eigenvalue weighted by Crippen LogP contribution is -2.17. The minimum absolute atomic E-state index is 0.0157. The fourth-order valence-corrected chi connectivity index (χ4v) is 2.89. The highest BCUT2D eigenvalue weighted by Gasteiger charge is 2.12. The Labute approximate surface area is 140 Å². The van der Waals surface area contributed by atoms with Gasteiger partial charge in [0.05, 0.1) is 16.6 Å². The van der Waals surface area contributed by atoms with Crippen LogP contribution in [0, 0.1) is 21.4 Å².